The lowest BCUT2D eigenvalue weighted by atomic mass is 10.1. The molecule has 0 saturated heterocycles. The van der Waals surface area contributed by atoms with E-state index >= 15 is 0 Å². The monoisotopic (exact) mass is 278 g/mol. The van der Waals surface area contributed by atoms with Gasteiger partial charge in [-0.3, -0.25) is 4.79 Å². The molecule has 1 fully saturated rings. The number of hydrogen-bond acceptors (Lipinski definition) is 2. The van der Waals surface area contributed by atoms with E-state index in [9.17, 15) is 4.79 Å². The number of ketones is 1. The van der Waals surface area contributed by atoms with Gasteiger partial charge in [-0.15, -0.1) is 0 Å². The molecule has 16 heavy (non-hydrogen) atoms. The van der Waals surface area contributed by atoms with E-state index in [-0.39, 0.29) is 5.78 Å². The first-order valence-electron chi connectivity index (χ1n) is 5.35. The van der Waals surface area contributed by atoms with Crippen molar-refractivity contribution in [2.45, 2.75) is 25.7 Å². The number of carbonyl (C=O) groups excluding carboxylic acids is 1. The highest BCUT2D eigenvalue weighted by Gasteiger charge is 2.27. The molecule has 2 aromatic rings. The normalized spacial score (nSPS) is 15.6. The molecule has 1 heterocycles. The molecule has 3 rings (SSSR count). The number of hydrogen-bond donors (Lipinski definition) is 1. The molecular formula is C12H11BrN2O. The van der Waals surface area contributed by atoms with Crippen LogP contribution in [0.5, 0.6) is 0 Å². The summed E-state index contributed by atoms with van der Waals surface area (Å²) in [6.07, 6.45) is 2.45. The van der Waals surface area contributed by atoms with Gasteiger partial charge in [0.05, 0.1) is 11.0 Å². The molecule has 1 aromatic heterocycles. The van der Waals surface area contributed by atoms with E-state index in [1.54, 1.807) is 6.92 Å². The van der Waals surface area contributed by atoms with Gasteiger partial charge >= 0.3 is 0 Å². The lowest BCUT2D eigenvalue weighted by Gasteiger charge is -1.98. The fourth-order valence-electron chi connectivity index (χ4n) is 1.87. The maximum absolute atomic E-state index is 11.4. The van der Waals surface area contributed by atoms with Gasteiger partial charge in [0.2, 0.25) is 0 Å². The number of benzene rings is 1. The topological polar surface area (TPSA) is 45.8 Å². The fourth-order valence-corrected chi connectivity index (χ4v) is 2.49. The van der Waals surface area contributed by atoms with Crippen LogP contribution in [0.4, 0.5) is 0 Å². The Morgan fingerprint density at radius 1 is 1.50 bits per heavy atom. The van der Waals surface area contributed by atoms with E-state index in [2.05, 4.69) is 25.9 Å². The standard InChI is InChI=1S/C12H11BrN2O/c1-6(16)8-4-10-11(5-9(8)13)15-12(14-10)7-2-3-7/h4-5,7H,2-3H2,1H3,(H,14,15). The van der Waals surface area contributed by atoms with Crippen molar-refractivity contribution in [2.75, 3.05) is 0 Å². The van der Waals surface area contributed by atoms with Crippen molar-refractivity contribution in [3.8, 4) is 0 Å². The van der Waals surface area contributed by atoms with Gasteiger partial charge in [-0.1, -0.05) is 0 Å². The Kier molecular flexibility index (Phi) is 2.14. The highest BCUT2D eigenvalue weighted by atomic mass is 79.9. The van der Waals surface area contributed by atoms with Crippen LogP contribution in [-0.4, -0.2) is 15.8 Å². The number of Topliss-reactive ketones (excluding diaryl/α,β-unsaturated/α-hetero) is 1. The Labute approximate surface area is 101 Å². The Bertz CT molecular complexity index is 584. The zero-order chi connectivity index (χ0) is 11.3. The summed E-state index contributed by atoms with van der Waals surface area (Å²) in [5.41, 5.74) is 2.58. The lowest BCUT2D eigenvalue weighted by Crippen LogP contribution is -1.93. The third-order valence-electron chi connectivity index (χ3n) is 2.93. The second-order valence-corrected chi connectivity index (χ2v) is 5.16. The van der Waals surface area contributed by atoms with Gasteiger partial charge in [-0.05, 0) is 47.8 Å². The molecule has 0 spiro atoms. The molecular weight excluding hydrogens is 268 g/mol. The molecule has 0 amide bonds. The summed E-state index contributed by atoms with van der Waals surface area (Å²) in [7, 11) is 0. The average Bonchev–Trinajstić information content (AvgIpc) is 2.98. The van der Waals surface area contributed by atoms with Crippen LogP contribution in [-0.2, 0) is 0 Å². The molecule has 0 radical (unpaired) electrons. The number of imidazole rings is 1. The summed E-state index contributed by atoms with van der Waals surface area (Å²) in [6, 6.07) is 3.79. The first-order valence-corrected chi connectivity index (χ1v) is 6.14. The van der Waals surface area contributed by atoms with Crippen molar-refractivity contribution >= 4 is 32.7 Å². The zero-order valence-corrected chi connectivity index (χ0v) is 10.5. The minimum atomic E-state index is 0.0600. The second kappa shape index (κ2) is 3.42. The van der Waals surface area contributed by atoms with Crippen LogP contribution in [0, 0.1) is 0 Å². The molecule has 0 aliphatic heterocycles. The average molecular weight is 279 g/mol. The third-order valence-corrected chi connectivity index (χ3v) is 3.59. The molecule has 1 aliphatic carbocycles. The van der Waals surface area contributed by atoms with Crippen LogP contribution in [0.3, 0.4) is 0 Å². The van der Waals surface area contributed by atoms with Crippen LogP contribution in [0.25, 0.3) is 11.0 Å². The van der Waals surface area contributed by atoms with Crippen LogP contribution in [0.1, 0.15) is 41.9 Å². The van der Waals surface area contributed by atoms with Crippen LogP contribution >= 0.6 is 15.9 Å². The van der Waals surface area contributed by atoms with Gasteiger partial charge in [0, 0.05) is 16.0 Å². The van der Waals surface area contributed by atoms with E-state index in [0.29, 0.717) is 11.5 Å². The number of nitrogens with one attached hydrogen (secondary N) is 1. The zero-order valence-electron chi connectivity index (χ0n) is 8.88. The van der Waals surface area contributed by atoms with Crippen LogP contribution in [0.15, 0.2) is 16.6 Å². The SMILES string of the molecule is CC(=O)c1cc2nc(C3CC3)[nH]c2cc1Br. The second-order valence-electron chi connectivity index (χ2n) is 4.30. The summed E-state index contributed by atoms with van der Waals surface area (Å²) in [5.74, 6) is 1.72. The molecule has 4 heteroatoms. The van der Waals surface area contributed by atoms with Gasteiger partial charge < -0.3 is 4.98 Å². The maximum Gasteiger partial charge on any atom is 0.161 e. The number of carbonyl (C=O) groups is 1. The molecule has 0 bridgehead atoms. The Morgan fingerprint density at radius 3 is 2.88 bits per heavy atom. The van der Waals surface area contributed by atoms with E-state index < -0.39 is 0 Å². The summed E-state index contributed by atoms with van der Waals surface area (Å²) in [5, 5.41) is 0. The molecule has 1 N–H and O–H groups in total. The summed E-state index contributed by atoms with van der Waals surface area (Å²) >= 11 is 3.41. The summed E-state index contributed by atoms with van der Waals surface area (Å²) < 4.78 is 0.832. The molecule has 82 valence electrons. The first-order chi connectivity index (χ1) is 7.65. The lowest BCUT2D eigenvalue weighted by molar-refractivity contribution is 0.101. The number of fused-ring (bicyclic) bond motifs is 1. The minimum absolute atomic E-state index is 0.0600. The van der Waals surface area contributed by atoms with Crippen molar-refractivity contribution in [1.29, 1.82) is 0 Å². The van der Waals surface area contributed by atoms with Crippen molar-refractivity contribution in [2.24, 2.45) is 0 Å². The predicted octanol–water partition coefficient (Wildman–Crippen LogP) is 3.41. The van der Waals surface area contributed by atoms with E-state index in [4.69, 9.17) is 0 Å². The summed E-state index contributed by atoms with van der Waals surface area (Å²) in [4.78, 5) is 19.2. The van der Waals surface area contributed by atoms with Gasteiger partial charge in [-0.2, -0.15) is 0 Å². The number of rotatable bonds is 2. The summed E-state index contributed by atoms with van der Waals surface area (Å²) in [6.45, 7) is 1.57. The van der Waals surface area contributed by atoms with Gasteiger partial charge in [0.1, 0.15) is 5.82 Å². The van der Waals surface area contributed by atoms with Crippen LogP contribution < -0.4 is 0 Å². The van der Waals surface area contributed by atoms with E-state index in [0.717, 1.165) is 21.3 Å². The Balaban J connectivity index is 2.19. The fraction of sp³-hybridized carbons (Fsp3) is 0.333. The largest absolute Gasteiger partial charge is 0.342 e. The van der Waals surface area contributed by atoms with Crippen molar-refractivity contribution in [1.82, 2.24) is 9.97 Å². The number of nitrogens with zero attached hydrogens (tertiary/aromatic N) is 1. The number of halogens is 1. The van der Waals surface area contributed by atoms with Gasteiger partial charge in [0.15, 0.2) is 5.78 Å². The van der Waals surface area contributed by atoms with Gasteiger partial charge in [-0.25, -0.2) is 4.98 Å². The Morgan fingerprint density at radius 2 is 2.25 bits per heavy atom. The van der Waals surface area contributed by atoms with E-state index in [1.165, 1.54) is 12.8 Å². The quantitative estimate of drug-likeness (QED) is 0.856. The maximum atomic E-state index is 11.4. The van der Waals surface area contributed by atoms with E-state index in [1.807, 2.05) is 12.1 Å². The number of aromatic nitrogens is 2. The highest BCUT2D eigenvalue weighted by Crippen LogP contribution is 2.39. The molecule has 0 unspecified atom stereocenters. The highest BCUT2D eigenvalue weighted by molar-refractivity contribution is 9.10. The molecule has 1 saturated carbocycles. The molecule has 3 nitrogen and oxygen atoms in total. The Hall–Kier alpha value is -1.16. The van der Waals surface area contributed by atoms with Crippen LogP contribution in [0.2, 0.25) is 0 Å². The first kappa shape index (κ1) is 10.0. The number of H-pyrrole nitrogens is 1. The predicted molar refractivity (Wildman–Crippen MR) is 65.8 cm³/mol. The third kappa shape index (κ3) is 1.57. The number of aromatic amines is 1. The van der Waals surface area contributed by atoms with Crippen molar-refractivity contribution in [3.63, 3.8) is 0 Å². The molecule has 0 atom stereocenters. The minimum Gasteiger partial charge on any atom is -0.342 e. The van der Waals surface area contributed by atoms with Gasteiger partial charge in [0.25, 0.3) is 0 Å². The van der Waals surface area contributed by atoms with Crippen molar-refractivity contribution in [3.05, 3.63) is 28.0 Å². The smallest absolute Gasteiger partial charge is 0.161 e. The van der Waals surface area contributed by atoms with Crippen molar-refractivity contribution < 1.29 is 4.79 Å². The molecule has 1 aliphatic rings. The molecule has 1 aromatic carbocycles.